The molecule has 0 unspecified atom stereocenters. The SMILES string of the molecule is C#Cc1c(C#C)c2[nH]c1=C(c1ccccc1)c1ccc([nH]1)C(c1ccccc1)=c1ccc([nH]1)=C(c1ccccc1)c1ccc([nH]1)C=2c1ccccc1. The van der Waals surface area contributed by atoms with E-state index in [9.17, 15) is 0 Å². The Balaban J connectivity index is 1.51. The zero-order chi connectivity index (χ0) is 35.0. The van der Waals surface area contributed by atoms with E-state index in [1.165, 1.54) is 0 Å². The molecule has 1 aliphatic heterocycles. The molecular formula is C48H32N4. The second kappa shape index (κ2) is 12.8. The van der Waals surface area contributed by atoms with Gasteiger partial charge in [0.25, 0.3) is 0 Å². The van der Waals surface area contributed by atoms with E-state index in [4.69, 9.17) is 12.8 Å². The van der Waals surface area contributed by atoms with E-state index in [1.807, 2.05) is 48.5 Å². The van der Waals surface area contributed by atoms with Crippen LogP contribution in [0.5, 0.6) is 0 Å². The molecule has 8 bridgehead atoms. The van der Waals surface area contributed by atoms with Crippen molar-refractivity contribution in [1.82, 2.24) is 19.9 Å². The fourth-order valence-electron chi connectivity index (χ4n) is 7.42. The summed E-state index contributed by atoms with van der Waals surface area (Å²) in [6.07, 6.45) is 12.8. The summed E-state index contributed by atoms with van der Waals surface area (Å²) in [7, 11) is 0. The lowest BCUT2D eigenvalue weighted by molar-refractivity contribution is 1.18. The zero-order valence-corrected chi connectivity index (χ0v) is 28.2. The van der Waals surface area contributed by atoms with Crippen molar-refractivity contribution in [3.63, 3.8) is 0 Å². The number of hydrogen-bond acceptors (Lipinski definition) is 0. The minimum atomic E-state index is 0.634. The summed E-state index contributed by atoms with van der Waals surface area (Å²) in [5.41, 5.74) is 13.1. The van der Waals surface area contributed by atoms with Crippen molar-refractivity contribution in [2.24, 2.45) is 0 Å². The summed E-state index contributed by atoms with van der Waals surface area (Å²) in [5.74, 6) is 5.98. The van der Waals surface area contributed by atoms with E-state index in [-0.39, 0.29) is 0 Å². The number of aromatic nitrogens is 4. The van der Waals surface area contributed by atoms with Gasteiger partial charge in [-0.1, -0.05) is 133 Å². The summed E-state index contributed by atoms with van der Waals surface area (Å²) < 4.78 is 0. The van der Waals surface area contributed by atoms with Gasteiger partial charge < -0.3 is 19.9 Å². The molecule has 0 radical (unpaired) electrons. The number of benzene rings is 4. The van der Waals surface area contributed by atoms with Crippen LogP contribution in [-0.2, 0) is 0 Å². The normalized spacial score (nSPS) is 12.4. The quantitative estimate of drug-likeness (QED) is 0.161. The number of H-pyrrole nitrogens is 4. The number of fused-ring (bicyclic) bond motifs is 8. The third kappa shape index (κ3) is 5.15. The van der Waals surface area contributed by atoms with Crippen LogP contribution < -0.4 is 21.4 Å². The maximum absolute atomic E-state index is 6.38. The Morgan fingerprint density at radius 2 is 0.615 bits per heavy atom. The van der Waals surface area contributed by atoms with Crippen LogP contribution >= 0.6 is 0 Å². The summed E-state index contributed by atoms with van der Waals surface area (Å²) in [4.78, 5) is 15.2. The van der Waals surface area contributed by atoms with Crippen LogP contribution in [0.2, 0.25) is 0 Å². The highest BCUT2D eigenvalue weighted by molar-refractivity contribution is 5.86. The van der Waals surface area contributed by atoms with Gasteiger partial charge in [-0.2, -0.15) is 0 Å². The first-order chi connectivity index (χ1) is 25.7. The standard InChI is InChI=1S/C48H32N4/c1-3-35-36(4-2)48-46(34-23-15-8-16-24-34)42-30-28-40(51-42)44(32-19-11-6-12-20-32)38-26-25-37(49-38)43(31-17-9-5-10-18-31)39-27-29-41(50-39)45(47(35)52-48)33-21-13-7-14-22-33/h1-2,5-30,49-52H. The Morgan fingerprint density at radius 1 is 0.308 bits per heavy atom. The van der Waals surface area contributed by atoms with Crippen LogP contribution in [0, 0.1) is 24.7 Å². The molecule has 0 saturated carbocycles. The molecule has 0 amide bonds. The first kappa shape index (κ1) is 30.6. The lowest BCUT2D eigenvalue weighted by Gasteiger charge is -2.10. The Kier molecular flexibility index (Phi) is 7.55. The Labute approximate surface area is 301 Å². The molecule has 8 aromatic rings. The van der Waals surface area contributed by atoms with Gasteiger partial charge in [-0.3, -0.25) is 0 Å². The molecule has 0 aliphatic carbocycles. The molecule has 4 aromatic heterocycles. The molecule has 9 rings (SSSR count). The van der Waals surface area contributed by atoms with Crippen LogP contribution in [0.1, 0.15) is 56.2 Å². The highest BCUT2D eigenvalue weighted by Gasteiger charge is 2.21. The minimum absolute atomic E-state index is 0.634. The monoisotopic (exact) mass is 664 g/mol. The molecule has 0 fully saturated rings. The Morgan fingerprint density at radius 3 is 0.942 bits per heavy atom. The van der Waals surface area contributed by atoms with Crippen LogP contribution in [-0.4, -0.2) is 19.9 Å². The second-order valence-electron chi connectivity index (χ2n) is 12.7. The summed E-state index contributed by atoms with van der Waals surface area (Å²) in [5, 5.41) is 3.52. The topological polar surface area (TPSA) is 63.2 Å². The number of nitrogens with one attached hydrogen (secondary N) is 4. The van der Waals surface area contributed by atoms with Gasteiger partial charge in [0, 0.05) is 55.8 Å². The van der Waals surface area contributed by atoms with E-state index >= 15 is 0 Å². The maximum Gasteiger partial charge on any atom is 0.0662 e. The smallest absolute Gasteiger partial charge is 0.0662 e. The van der Waals surface area contributed by atoms with Gasteiger partial charge in [-0.25, -0.2) is 0 Å². The van der Waals surface area contributed by atoms with Gasteiger partial charge in [-0.05, 0) is 58.7 Å². The van der Waals surface area contributed by atoms with E-state index in [2.05, 4.69) is 141 Å². The molecule has 1 aliphatic rings. The van der Waals surface area contributed by atoms with Crippen molar-refractivity contribution in [2.45, 2.75) is 0 Å². The van der Waals surface area contributed by atoms with Crippen LogP contribution in [0.4, 0.5) is 0 Å². The average Bonchev–Trinajstić information content (AvgIpc) is 4.03. The zero-order valence-electron chi connectivity index (χ0n) is 28.2. The molecule has 4 N–H and O–H groups in total. The Bertz CT molecular complexity index is 2740. The third-order valence-electron chi connectivity index (χ3n) is 9.71. The fraction of sp³-hybridized carbons (Fsp3) is 0. The Hall–Kier alpha value is -7.40. The maximum atomic E-state index is 6.38. The highest BCUT2D eigenvalue weighted by Crippen LogP contribution is 2.28. The van der Waals surface area contributed by atoms with Crippen LogP contribution in [0.15, 0.2) is 158 Å². The predicted octanol–water partition coefficient (Wildman–Crippen LogP) is 6.26. The molecule has 4 nitrogen and oxygen atoms in total. The van der Waals surface area contributed by atoms with Gasteiger partial charge in [0.15, 0.2) is 0 Å². The predicted molar refractivity (Wildman–Crippen MR) is 210 cm³/mol. The fourth-order valence-corrected chi connectivity index (χ4v) is 7.42. The molecule has 0 atom stereocenters. The van der Waals surface area contributed by atoms with Gasteiger partial charge in [0.1, 0.15) is 0 Å². The van der Waals surface area contributed by atoms with Gasteiger partial charge in [0.05, 0.1) is 21.8 Å². The van der Waals surface area contributed by atoms with Crippen molar-refractivity contribution in [1.29, 1.82) is 0 Å². The van der Waals surface area contributed by atoms with E-state index in [0.29, 0.717) is 11.1 Å². The van der Waals surface area contributed by atoms with Gasteiger partial charge in [-0.15, -0.1) is 12.8 Å². The average molecular weight is 665 g/mol. The molecule has 244 valence electrons. The summed E-state index contributed by atoms with van der Waals surface area (Å²) in [6, 6.07) is 54.4. The van der Waals surface area contributed by atoms with Crippen molar-refractivity contribution in [2.75, 3.05) is 0 Å². The van der Waals surface area contributed by atoms with Gasteiger partial charge >= 0.3 is 0 Å². The van der Waals surface area contributed by atoms with Crippen LogP contribution in [0.3, 0.4) is 0 Å². The van der Waals surface area contributed by atoms with Crippen molar-refractivity contribution in [3.05, 3.63) is 235 Å². The molecule has 4 aromatic carbocycles. The van der Waals surface area contributed by atoms with Crippen molar-refractivity contribution < 1.29 is 0 Å². The van der Waals surface area contributed by atoms with E-state index in [1.54, 1.807) is 0 Å². The molecular weight excluding hydrogens is 633 g/mol. The molecule has 0 saturated heterocycles. The first-order valence-corrected chi connectivity index (χ1v) is 17.2. The number of terminal acetylenes is 2. The molecule has 5 heterocycles. The summed E-state index contributed by atoms with van der Waals surface area (Å²) >= 11 is 0. The third-order valence-corrected chi connectivity index (χ3v) is 9.71. The van der Waals surface area contributed by atoms with Crippen LogP contribution in [0.25, 0.3) is 22.3 Å². The summed E-state index contributed by atoms with van der Waals surface area (Å²) in [6.45, 7) is 0. The number of aromatic amines is 4. The highest BCUT2D eigenvalue weighted by atomic mass is 14.8. The van der Waals surface area contributed by atoms with Crippen molar-refractivity contribution in [3.8, 4) is 24.7 Å². The largest absolute Gasteiger partial charge is 0.354 e. The second-order valence-corrected chi connectivity index (χ2v) is 12.7. The molecule has 52 heavy (non-hydrogen) atoms. The van der Waals surface area contributed by atoms with E-state index in [0.717, 1.165) is 88.7 Å². The molecule has 0 spiro atoms. The number of hydrogen-bond donors (Lipinski definition) is 4. The first-order valence-electron chi connectivity index (χ1n) is 17.2. The lowest BCUT2D eigenvalue weighted by atomic mass is 9.99. The van der Waals surface area contributed by atoms with Crippen molar-refractivity contribution >= 4 is 22.3 Å². The lowest BCUT2D eigenvalue weighted by Crippen LogP contribution is -2.20. The number of rotatable bonds is 4. The minimum Gasteiger partial charge on any atom is -0.354 e. The molecule has 4 heteroatoms. The van der Waals surface area contributed by atoms with Gasteiger partial charge in [0.2, 0.25) is 0 Å². The van der Waals surface area contributed by atoms with E-state index < -0.39 is 0 Å².